The van der Waals surface area contributed by atoms with Gasteiger partial charge in [0.1, 0.15) is 5.82 Å². The molecule has 1 aliphatic heterocycles. The smallest absolute Gasteiger partial charge is 0.277 e. The van der Waals surface area contributed by atoms with Crippen LogP contribution < -0.4 is 10.8 Å². The van der Waals surface area contributed by atoms with E-state index >= 15 is 0 Å². The Morgan fingerprint density at radius 3 is 2.65 bits per heavy atom. The van der Waals surface area contributed by atoms with Crippen molar-refractivity contribution in [3.05, 3.63) is 23.8 Å². The Kier molecular flexibility index (Phi) is 4.00. The number of hydroxylamine groups is 1. The second-order valence-electron chi connectivity index (χ2n) is 4.23. The molecule has 2 rings (SSSR count). The van der Waals surface area contributed by atoms with Crippen molar-refractivity contribution in [3.63, 3.8) is 0 Å². The van der Waals surface area contributed by atoms with E-state index in [4.69, 9.17) is 5.21 Å². The van der Waals surface area contributed by atoms with Crippen LogP contribution in [-0.2, 0) is 6.42 Å². The lowest BCUT2D eigenvalue weighted by Gasteiger charge is -2.21. The van der Waals surface area contributed by atoms with Crippen LogP contribution in [0.5, 0.6) is 0 Å². The number of hydrogen-bond donors (Lipinski definition) is 3. The van der Waals surface area contributed by atoms with Crippen LogP contribution in [0, 0.1) is 5.92 Å². The van der Waals surface area contributed by atoms with Gasteiger partial charge in [0.15, 0.2) is 0 Å². The fourth-order valence-corrected chi connectivity index (χ4v) is 1.99. The molecule has 3 N–H and O–H groups in total. The monoisotopic (exact) mass is 236 g/mol. The van der Waals surface area contributed by atoms with Gasteiger partial charge in [-0.2, -0.15) is 0 Å². The number of rotatable bonds is 3. The Labute approximate surface area is 99.4 Å². The van der Waals surface area contributed by atoms with E-state index in [1.165, 1.54) is 12.4 Å². The van der Waals surface area contributed by atoms with Crippen molar-refractivity contribution in [2.24, 2.45) is 5.92 Å². The fourth-order valence-electron chi connectivity index (χ4n) is 1.99. The molecule has 92 valence electrons. The molecule has 17 heavy (non-hydrogen) atoms. The Morgan fingerprint density at radius 1 is 1.41 bits per heavy atom. The fraction of sp³-hybridized carbons (Fsp3) is 0.545. The average Bonchev–Trinajstić information content (AvgIpc) is 2.40. The second-order valence-corrected chi connectivity index (χ2v) is 4.23. The minimum absolute atomic E-state index is 0.265. The summed E-state index contributed by atoms with van der Waals surface area (Å²) in [5.74, 6) is 0.790. The van der Waals surface area contributed by atoms with Gasteiger partial charge in [-0.1, -0.05) is 0 Å². The summed E-state index contributed by atoms with van der Waals surface area (Å²) in [6.45, 7) is 2.10. The van der Waals surface area contributed by atoms with Crippen molar-refractivity contribution >= 4 is 5.91 Å². The first kappa shape index (κ1) is 11.9. The molecule has 0 aromatic carbocycles. The van der Waals surface area contributed by atoms with Crippen molar-refractivity contribution in [2.45, 2.75) is 19.3 Å². The van der Waals surface area contributed by atoms with Gasteiger partial charge in [0.2, 0.25) is 0 Å². The molecule has 0 bridgehead atoms. The van der Waals surface area contributed by atoms with Crippen LogP contribution in [0.25, 0.3) is 0 Å². The molecular formula is C11H16N4O2. The van der Waals surface area contributed by atoms with Crippen molar-refractivity contribution in [1.29, 1.82) is 0 Å². The molecule has 1 aliphatic rings. The zero-order chi connectivity index (χ0) is 12.1. The van der Waals surface area contributed by atoms with Gasteiger partial charge in [0.25, 0.3) is 5.91 Å². The summed E-state index contributed by atoms with van der Waals surface area (Å²) in [4.78, 5) is 19.3. The van der Waals surface area contributed by atoms with Gasteiger partial charge in [-0.25, -0.2) is 15.4 Å². The number of nitrogens with one attached hydrogen (secondary N) is 2. The summed E-state index contributed by atoms with van der Waals surface area (Å²) >= 11 is 0. The van der Waals surface area contributed by atoms with Gasteiger partial charge < -0.3 is 5.32 Å². The molecule has 0 unspecified atom stereocenters. The number of piperidine rings is 1. The SMILES string of the molecule is O=C(NO)c1cnc(CC2CCNCC2)nc1. The standard InChI is InChI=1S/C11H16N4O2/c16-11(15-17)9-6-13-10(14-7-9)5-8-1-3-12-4-2-8/h6-8,12,17H,1-5H2,(H,15,16). The Bertz CT molecular complexity index is 374. The van der Waals surface area contributed by atoms with Gasteiger partial charge in [0, 0.05) is 18.8 Å². The van der Waals surface area contributed by atoms with Gasteiger partial charge in [-0.15, -0.1) is 0 Å². The quantitative estimate of drug-likeness (QED) is 0.513. The van der Waals surface area contributed by atoms with E-state index in [0.717, 1.165) is 38.2 Å². The van der Waals surface area contributed by atoms with Gasteiger partial charge in [-0.05, 0) is 31.8 Å². The zero-order valence-corrected chi connectivity index (χ0v) is 9.52. The van der Waals surface area contributed by atoms with Crippen LogP contribution in [0.2, 0.25) is 0 Å². The summed E-state index contributed by atoms with van der Waals surface area (Å²) in [6, 6.07) is 0. The third-order valence-corrected chi connectivity index (χ3v) is 3.00. The number of aromatic nitrogens is 2. The van der Waals surface area contributed by atoms with Gasteiger partial charge >= 0.3 is 0 Å². The molecule has 0 atom stereocenters. The lowest BCUT2D eigenvalue weighted by molar-refractivity contribution is 0.0705. The first-order chi connectivity index (χ1) is 8.29. The number of nitrogens with zero attached hydrogens (tertiary/aromatic N) is 2. The molecule has 0 spiro atoms. The molecule has 6 nitrogen and oxygen atoms in total. The van der Waals surface area contributed by atoms with Crippen LogP contribution in [-0.4, -0.2) is 34.2 Å². The topological polar surface area (TPSA) is 87.1 Å². The van der Waals surface area contributed by atoms with Crippen molar-refractivity contribution in [1.82, 2.24) is 20.8 Å². The number of amides is 1. The van der Waals surface area contributed by atoms with E-state index in [1.807, 2.05) is 0 Å². The third kappa shape index (κ3) is 3.21. The summed E-state index contributed by atoms with van der Waals surface area (Å²) in [7, 11) is 0. The first-order valence-corrected chi connectivity index (χ1v) is 5.75. The second kappa shape index (κ2) is 5.70. The Hall–Kier alpha value is -1.53. The Balaban J connectivity index is 1.95. The summed E-state index contributed by atoms with van der Waals surface area (Å²) < 4.78 is 0. The molecule has 1 aromatic heterocycles. The largest absolute Gasteiger partial charge is 0.317 e. The summed E-state index contributed by atoms with van der Waals surface area (Å²) in [6.07, 6.45) is 6.01. The van der Waals surface area contributed by atoms with E-state index in [2.05, 4.69) is 15.3 Å². The molecule has 0 radical (unpaired) electrons. The molecule has 1 amide bonds. The van der Waals surface area contributed by atoms with Crippen LogP contribution in [0.15, 0.2) is 12.4 Å². The highest BCUT2D eigenvalue weighted by Crippen LogP contribution is 2.15. The zero-order valence-electron chi connectivity index (χ0n) is 9.52. The predicted molar refractivity (Wildman–Crippen MR) is 60.6 cm³/mol. The molecular weight excluding hydrogens is 220 g/mol. The van der Waals surface area contributed by atoms with E-state index in [-0.39, 0.29) is 5.56 Å². The van der Waals surface area contributed by atoms with Crippen LogP contribution >= 0.6 is 0 Å². The van der Waals surface area contributed by atoms with E-state index in [1.54, 1.807) is 5.48 Å². The number of hydrogen-bond acceptors (Lipinski definition) is 5. The molecule has 2 heterocycles. The number of carbonyl (C=O) groups is 1. The van der Waals surface area contributed by atoms with Crippen LogP contribution in [0.1, 0.15) is 29.0 Å². The minimum Gasteiger partial charge on any atom is -0.317 e. The average molecular weight is 236 g/mol. The van der Waals surface area contributed by atoms with Gasteiger partial charge in [-0.3, -0.25) is 10.0 Å². The molecule has 0 saturated carbocycles. The Morgan fingerprint density at radius 2 is 2.06 bits per heavy atom. The number of carbonyl (C=O) groups excluding carboxylic acids is 1. The highest BCUT2D eigenvalue weighted by atomic mass is 16.5. The first-order valence-electron chi connectivity index (χ1n) is 5.75. The maximum Gasteiger partial charge on any atom is 0.277 e. The maximum atomic E-state index is 11.1. The highest BCUT2D eigenvalue weighted by Gasteiger charge is 2.15. The van der Waals surface area contributed by atoms with Gasteiger partial charge in [0.05, 0.1) is 5.56 Å². The minimum atomic E-state index is -0.585. The summed E-state index contributed by atoms with van der Waals surface area (Å²) in [5.41, 5.74) is 1.82. The predicted octanol–water partition coefficient (Wildman–Crippen LogP) is 0.138. The van der Waals surface area contributed by atoms with Crippen molar-refractivity contribution in [2.75, 3.05) is 13.1 Å². The lowest BCUT2D eigenvalue weighted by atomic mass is 9.94. The molecule has 1 aromatic rings. The van der Waals surface area contributed by atoms with Crippen molar-refractivity contribution in [3.8, 4) is 0 Å². The molecule has 6 heteroatoms. The lowest BCUT2D eigenvalue weighted by Crippen LogP contribution is -2.29. The van der Waals surface area contributed by atoms with Crippen LogP contribution in [0.3, 0.4) is 0 Å². The summed E-state index contributed by atoms with van der Waals surface area (Å²) in [5, 5.41) is 11.8. The molecule has 0 aliphatic carbocycles. The highest BCUT2D eigenvalue weighted by molar-refractivity contribution is 5.92. The normalized spacial score (nSPS) is 16.8. The van der Waals surface area contributed by atoms with E-state index < -0.39 is 5.91 Å². The van der Waals surface area contributed by atoms with E-state index in [9.17, 15) is 4.79 Å². The third-order valence-electron chi connectivity index (χ3n) is 3.00. The van der Waals surface area contributed by atoms with Crippen molar-refractivity contribution < 1.29 is 10.0 Å². The van der Waals surface area contributed by atoms with E-state index in [0.29, 0.717) is 5.92 Å². The van der Waals surface area contributed by atoms with Crippen LogP contribution in [0.4, 0.5) is 0 Å². The molecule has 1 fully saturated rings. The maximum absolute atomic E-state index is 11.1. The molecule has 1 saturated heterocycles.